The molecular formula is C14H13ClFN. The van der Waals surface area contributed by atoms with Crippen LogP contribution < -0.4 is 5.32 Å². The van der Waals surface area contributed by atoms with Gasteiger partial charge in [0.15, 0.2) is 0 Å². The molecule has 0 aliphatic heterocycles. The van der Waals surface area contributed by atoms with E-state index >= 15 is 0 Å². The Morgan fingerprint density at radius 2 is 2.00 bits per heavy atom. The van der Waals surface area contributed by atoms with Crippen LogP contribution in [0.5, 0.6) is 0 Å². The van der Waals surface area contributed by atoms with E-state index in [1.54, 1.807) is 13.0 Å². The highest BCUT2D eigenvalue weighted by atomic mass is 35.5. The Kier molecular flexibility index (Phi) is 3.64. The number of anilines is 1. The lowest BCUT2D eigenvalue weighted by atomic mass is 10.2. The fourth-order valence-electron chi connectivity index (χ4n) is 1.55. The van der Waals surface area contributed by atoms with Crippen molar-refractivity contribution in [3.05, 3.63) is 64.4 Å². The van der Waals surface area contributed by atoms with Gasteiger partial charge in [-0.2, -0.15) is 0 Å². The normalized spacial score (nSPS) is 10.3. The average molecular weight is 250 g/mol. The minimum atomic E-state index is -0.193. The Morgan fingerprint density at radius 1 is 1.18 bits per heavy atom. The lowest BCUT2D eigenvalue weighted by molar-refractivity contribution is 0.619. The summed E-state index contributed by atoms with van der Waals surface area (Å²) >= 11 is 5.88. The zero-order chi connectivity index (χ0) is 12.3. The number of benzene rings is 2. The first-order valence-electron chi connectivity index (χ1n) is 5.39. The molecule has 0 aliphatic carbocycles. The molecule has 2 rings (SSSR count). The summed E-state index contributed by atoms with van der Waals surface area (Å²) in [5, 5.41) is 3.87. The molecule has 0 atom stereocenters. The van der Waals surface area contributed by atoms with Crippen molar-refractivity contribution in [3.63, 3.8) is 0 Å². The Labute approximate surface area is 105 Å². The van der Waals surface area contributed by atoms with Gasteiger partial charge < -0.3 is 5.32 Å². The Morgan fingerprint density at radius 3 is 2.71 bits per heavy atom. The van der Waals surface area contributed by atoms with Gasteiger partial charge in [0, 0.05) is 17.3 Å². The maximum atomic E-state index is 13.3. The highest BCUT2D eigenvalue weighted by molar-refractivity contribution is 6.30. The number of aryl methyl sites for hydroxylation is 1. The number of hydrogen-bond acceptors (Lipinski definition) is 1. The molecule has 0 spiro atoms. The average Bonchev–Trinajstić information content (AvgIpc) is 2.31. The van der Waals surface area contributed by atoms with Crippen molar-refractivity contribution in [1.29, 1.82) is 0 Å². The van der Waals surface area contributed by atoms with Gasteiger partial charge in [-0.15, -0.1) is 0 Å². The first-order chi connectivity index (χ1) is 8.15. The molecule has 1 nitrogen and oxygen atoms in total. The summed E-state index contributed by atoms with van der Waals surface area (Å²) < 4.78 is 13.3. The van der Waals surface area contributed by atoms with Gasteiger partial charge in [0.1, 0.15) is 5.82 Å². The zero-order valence-corrected chi connectivity index (χ0v) is 10.3. The number of halogens is 2. The predicted octanol–water partition coefficient (Wildman–Crippen LogP) is 4.40. The zero-order valence-electron chi connectivity index (χ0n) is 9.50. The molecule has 0 fully saturated rings. The molecule has 0 saturated heterocycles. The molecule has 3 heteroatoms. The second kappa shape index (κ2) is 5.19. The molecule has 2 aromatic rings. The summed E-state index contributed by atoms with van der Waals surface area (Å²) in [5.41, 5.74) is 2.49. The molecule has 1 N–H and O–H groups in total. The second-order valence-corrected chi connectivity index (χ2v) is 4.38. The van der Waals surface area contributed by atoms with Crippen molar-refractivity contribution in [2.24, 2.45) is 0 Å². The third kappa shape index (κ3) is 3.21. The van der Waals surface area contributed by atoms with Crippen LogP contribution in [0.1, 0.15) is 11.1 Å². The molecular weight excluding hydrogens is 237 g/mol. The SMILES string of the molecule is Cc1ccc(NCc2cccc(Cl)c2)cc1F. The van der Waals surface area contributed by atoms with Crippen LogP contribution >= 0.6 is 11.6 Å². The van der Waals surface area contributed by atoms with Crippen molar-refractivity contribution in [1.82, 2.24) is 0 Å². The Bertz CT molecular complexity index is 525. The minimum absolute atomic E-state index is 0.193. The van der Waals surface area contributed by atoms with E-state index in [0.29, 0.717) is 17.1 Å². The summed E-state index contributed by atoms with van der Waals surface area (Å²) in [7, 11) is 0. The predicted molar refractivity (Wildman–Crippen MR) is 69.9 cm³/mol. The number of rotatable bonds is 3. The summed E-state index contributed by atoms with van der Waals surface area (Å²) in [6.07, 6.45) is 0. The van der Waals surface area contributed by atoms with Crippen LogP contribution in [-0.4, -0.2) is 0 Å². The van der Waals surface area contributed by atoms with Crippen molar-refractivity contribution >= 4 is 17.3 Å². The van der Waals surface area contributed by atoms with Gasteiger partial charge in [0.05, 0.1) is 0 Å². The summed E-state index contributed by atoms with van der Waals surface area (Å²) in [6, 6.07) is 12.7. The van der Waals surface area contributed by atoms with E-state index in [-0.39, 0.29) is 5.82 Å². The lowest BCUT2D eigenvalue weighted by Gasteiger charge is -2.07. The van der Waals surface area contributed by atoms with Gasteiger partial charge in [-0.05, 0) is 42.3 Å². The molecule has 0 radical (unpaired) electrons. The van der Waals surface area contributed by atoms with Gasteiger partial charge in [-0.25, -0.2) is 4.39 Å². The largest absolute Gasteiger partial charge is 0.381 e. The first-order valence-corrected chi connectivity index (χ1v) is 5.77. The smallest absolute Gasteiger partial charge is 0.128 e. The van der Waals surface area contributed by atoms with Gasteiger partial charge in [-0.1, -0.05) is 29.8 Å². The fraction of sp³-hybridized carbons (Fsp3) is 0.143. The van der Waals surface area contributed by atoms with Crippen LogP contribution in [0.3, 0.4) is 0 Å². The van der Waals surface area contributed by atoms with Crippen LogP contribution in [0, 0.1) is 12.7 Å². The topological polar surface area (TPSA) is 12.0 Å². The van der Waals surface area contributed by atoms with Crippen LogP contribution in [0.15, 0.2) is 42.5 Å². The van der Waals surface area contributed by atoms with Crippen LogP contribution in [-0.2, 0) is 6.54 Å². The summed E-state index contributed by atoms with van der Waals surface area (Å²) in [4.78, 5) is 0. The van der Waals surface area contributed by atoms with E-state index in [1.165, 1.54) is 6.07 Å². The van der Waals surface area contributed by atoms with Crippen LogP contribution in [0.25, 0.3) is 0 Å². The van der Waals surface area contributed by atoms with Gasteiger partial charge >= 0.3 is 0 Å². The highest BCUT2D eigenvalue weighted by Gasteiger charge is 1.99. The van der Waals surface area contributed by atoms with E-state index in [1.807, 2.05) is 30.3 Å². The molecule has 0 unspecified atom stereocenters. The van der Waals surface area contributed by atoms with Crippen molar-refractivity contribution in [3.8, 4) is 0 Å². The standard InChI is InChI=1S/C14H13ClFN/c1-10-5-6-13(8-14(10)16)17-9-11-3-2-4-12(15)7-11/h2-8,17H,9H2,1H3. The second-order valence-electron chi connectivity index (χ2n) is 3.95. The molecule has 0 heterocycles. The van der Waals surface area contributed by atoms with Crippen molar-refractivity contribution < 1.29 is 4.39 Å². The van der Waals surface area contributed by atoms with Crippen LogP contribution in [0.2, 0.25) is 5.02 Å². The quantitative estimate of drug-likeness (QED) is 0.850. The Hall–Kier alpha value is -1.54. The molecule has 17 heavy (non-hydrogen) atoms. The number of nitrogens with one attached hydrogen (secondary N) is 1. The fourth-order valence-corrected chi connectivity index (χ4v) is 1.77. The van der Waals surface area contributed by atoms with E-state index in [4.69, 9.17) is 11.6 Å². The molecule has 0 aromatic heterocycles. The van der Waals surface area contributed by atoms with Crippen LogP contribution in [0.4, 0.5) is 10.1 Å². The monoisotopic (exact) mass is 249 g/mol. The van der Waals surface area contributed by atoms with Gasteiger partial charge in [0.25, 0.3) is 0 Å². The highest BCUT2D eigenvalue weighted by Crippen LogP contribution is 2.16. The van der Waals surface area contributed by atoms with Crippen molar-refractivity contribution in [2.75, 3.05) is 5.32 Å². The van der Waals surface area contributed by atoms with Gasteiger partial charge in [0.2, 0.25) is 0 Å². The van der Waals surface area contributed by atoms with Crippen molar-refractivity contribution in [2.45, 2.75) is 13.5 Å². The lowest BCUT2D eigenvalue weighted by Crippen LogP contribution is -1.99. The maximum absolute atomic E-state index is 13.3. The molecule has 0 bridgehead atoms. The Balaban J connectivity index is 2.05. The molecule has 0 amide bonds. The number of hydrogen-bond donors (Lipinski definition) is 1. The summed E-state index contributed by atoms with van der Waals surface area (Å²) in [5.74, 6) is -0.193. The van der Waals surface area contributed by atoms with E-state index in [2.05, 4.69) is 5.32 Å². The first kappa shape index (κ1) is 11.9. The minimum Gasteiger partial charge on any atom is -0.381 e. The summed E-state index contributed by atoms with van der Waals surface area (Å²) in [6.45, 7) is 2.37. The van der Waals surface area contributed by atoms with E-state index < -0.39 is 0 Å². The van der Waals surface area contributed by atoms with E-state index in [9.17, 15) is 4.39 Å². The third-order valence-electron chi connectivity index (χ3n) is 2.56. The molecule has 2 aromatic carbocycles. The maximum Gasteiger partial charge on any atom is 0.128 e. The molecule has 0 aliphatic rings. The third-order valence-corrected chi connectivity index (χ3v) is 2.79. The molecule has 0 saturated carbocycles. The van der Waals surface area contributed by atoms with E-state index in [0.717, 1.165) is 11.3 Å². The molecule has 88 valence electrons. The van der Waals surface area contributed by atoms with Gasteiger partial charge in [-0.3, -0.25) is 0 Å².